The van der Waals surface area contributed by atoms with Crippen LogP contribution in [0.15, 0.2) is 0 Å². The second-order valence-electron chi connectivity index (χ2n) is 4.84. The van der Waals surface area contributed by atoms with E-state index in [1.807, 2.05) is 0 Å². The van der Waals surface area contributed by atoms with Crippen molar-refractivity contribution < 1.29 is 14.3 Å². The standard InChI is InChI=1S/C12H20N2O3/c1-17-10-5-3-2-4-8(10)13-9-6-7-11(15)14-12(9)16/h8-10,13H,2-7H2,1H3,(H,14,15,16). The summed E-state index contributed by atoms with van der Waals surface area (Å²) in [6.07, 6.45) is 5.65. The van der Waals surface area contributed by atoms with Gasteiger partial charge in [0, 0.05) is 19.6 Å². The summed E-state index contributed by atoms with van der Waals surface area (Å²) in [7, 11) is 1.72. The highest BCUT2D eigenvalue weighted by molar-refractivity contribution is 6.00. The van der Waals surface area contributed by atoms with Gasteiger partial charge < -0.3 is 10.1 Å². The van der Waals surface area contributed by atoms with E-state index in [1.54, 1.807) is 7.11 Å². The van der Waals surface area contributed by atoms with E-state index < -0.39 is 0 Å². The van der Waals surface area contributed by atoms with Gasteiger partial charge in [0.15, 0.2) is 0 Å². The number of imide groups is 1. The fourth-order valence-corrected chi connectivity index (χ4v) is 2.68. The van der Waals surface area contributed by atoms with E-state index in [1.165, 1.54) is 12.8 Å². The number of amides is 2. The molecule has 0 bridgehead atoms. The van der Waals surface area contributed by atoms with Crippen LogP contribution >= 0.6 is 0 Å². The Bertz CT molecular complexity index is 306. The van der Waals surface area contributed by atoms with Crippen molar-refractivity contribution >= 4 is 11.8 Å². The number of hydrogen-bond acceptors (Lipinski definition) is 4. The summed E-state index contributed by atoms with van der Waals surface area (Å²) in [6, 6.07) is -0.00819. The number of carbonyl (C=O) groups is 2. The van der Waals surface area contributed by atoms with Crippen molar-refractivity contribution in [3.8, 4) is 0 Å². The second kappa shape index (κ2) is 5.60. The van der Waals surface area contributed by atoms with E-state index in [0.717, 1.165) is 12.8 Å². The Hall–Kier alpha value is -0.940. The minimum absolute atomic E-state index is 0.167. The first kappa shape index (κ1) is 12.5. The Balaban J connectivity index is 1.90. The summed E-state index contributed by atoms with van der Waals surface area (Å²) in [5.74, 6) is -0.360. The van der Waals surface area contributed by atoms with Gasteiger partial charge in [-0.15, -0.1) is 0 Å². The Labute approximate surface area is 101 Å². The maximum atomic E-state index is 11.6. The lowest BCUT2D eigenvalue weighted by Crippen LogP contribution is -2.56. The molecule has 1 heterocycles. The molecule has 3 atom stereocenters. The molecule has 1 aliphatic carbocycles. The van der Waals surface area contributed by atoms with Gasteiger partial charge in [0.2, 0.25) is 11.8 Å². The van der Waals surface area contributed by atoms with Crippen LogP contribution in [-0.4, -0.2) is 37.1 Å². The van der Waals surface area contributed by atoms with Crippen LogP contribution in [0.25, 0.3) is 0 Å². The molecule has 2 amide bonds. The molecule has 1 aliphatic heterocycles. The number of rotatable bonds is 3. The highest BCUT2D eigenvalue weighted by Gasteiger charge is 2.32. The van der Waals surface area contributed by atoms with Gasteiger partial charge in [-0.2, -0.15) is 0 Å². The summed E-state index contributed by atoms with van der Waals surface area (Å²) in [4.78, 5) is 22.7. The highest BCUT2D eigenvalue weighted by Crippen LogP contribution is 2.22. The minimum atomic E-state index is -0.242. The predicted molar refractivity (Wildman–Crippen MR) is 62.4 cm³/mol. The first-order valence-corrected chi connectivity index (χ1v) is 6.33. The Morgan fingerprint density at radius 2 is 2.00 bits per heavy atom. The number of hydrogen-bond donors (Lipinski definition) is 2. The average Bonchev–Trinajstić information content (AvgIpc) is 2.33. The van der Waals surface area contributed by atoms with Crippen LogP contribution < -0.4 is 10.6 Å². The van der Waals surface area contributed by atoms with E-state index in [4.69, 9.17) is 4.74 Å². The fourth-order valence-electron chi connectivity index (χ4n) is 2.68. The van der Waals surface area contributed by atoms with Gasteiger partial charge in [0.1, 0.15) is 0 Å². The molecular formula is C12H20N2O3. The molecule has 5 nitrogen and oxygen atoms in total. The predicted octanol–water partition coefficient (Wildman–Crippen LogP) is 0.339. The zero-order valence-corrected chi connectivity index (χ0v) is 10.2. The van der Waals surface area contributed by atoms with Gasteiger partial charge >= 0.3 is 0 Å². The molecule has 2 fully saturated rings. The normalized spacial score (nSPS) is 34.5. The van der Waals surface area contributed by atoms with Crippen molar-refractivity contribution in [3.63, 3.8) is 0 Å². The highest BCUT2D eigenvalue weighted by atomic mass is 16.5. The second-order valence-corrected chi connectivity index (χ2v) is 4.84. The first-order chi connectivity index (χ1) is 8.20. The SMILES string of the molecule is COC1CCCCC1NC1CCC(=O)NC1=O. The lowest BCUT2D eigenvalue weighted by molar-refractivity contribution is -0.135. The van der Waals surface area contributed by atoms with Crippen LogP contribution in [-0.2, 0) is 14.3 Å². The molecule has 3 unspecified atom stereocenters. The summed E-state index contributed by atoms with van der Waals surface area (Å²) < 4.78 is 5.44. The molecule has 2 N–H and O–H groups in total. The van der Waals surface area contributed by atoms with Crippen LogP contribution in [0.5, 0.6) is 0 Å². The van der Waals surface area contributed by atoms with Crippen molar-refractivity contribution in [2.45, 2.75) is 56.7 Å². The van der Waals surface area contributed by atoms with Crippen molar-refractivity contribution in [2.24, 2.45) is 0 Å². The van der Waals surface area contributed by atoms with Gasteiger partial charge in [-0.1, -0.05) is 12.8 Å². The quantitative estimate of drug-likeness (QED) is 0.698. The summed E-state index contributed by atoms with van der Waals surface area (Å²) in [6.45, 7) is 0. The van der Waals surface area contributed by atoms with Crippen LogP contribution in [0.2, 0.25) is 0 Å². The molecule has 1 saturated carbocycles. The van der Waals surface area contributed by atoms with Gasteiger partial charge in [-0.25, -0.2) is 0 Å². The number of methoxy groups -OCH3 is 1. The molecule has 0 aromatic rings. The molecule has 2 aliphatic rings. The Morgan fingerprint density at radius 3 is 2.71 bits per heavy atom. The van der Waals surface area contributed by atoms with Crippen LogP contribution in [0, 0.1) is 0 Å². The average molecular weight is 240 g/mol. The van der Waals surface area contributed by atoms with E-state index in [9.17, 15) is 9.59 Å². The third-order valence-corrected chi connectivity index (χ3v) is 3.66. The van der Waals surface area contributed by atoms with Gasteiger partial charge in [-0.05, 0) is 19.3 Å². The molecule has 5 heteroatoms. The lowest BCUT2D eigenvalue weighted by Gasteiger charge is -2.34. The lowest BCUT2D eigenvalue weighted by atomic mass is 9.91. The van der Waals surface area contributed by atoms with Crippen LogP contribution in [0.4, 0.5) is 0 Å². The van der Waals surface area contributed by atoms with E-state index in [2.05, 4.69) is 10.6 Å². The molecule has 96 valence electrons. The van der Waals surface area contributed by atoms with Crippen molar-refractivity contribution in [1.29, 1.82) is 0 Å². The molecule has 2 rings (SSSR count). The molecule has 17 heavy (non-hydrogen) atoms. The topological polar surface area (TPSA) is 67.4 Å². The molecule has 0 spiro atoms. The van der Waals surface area contributed by atoms with E-state index >= 15 is 0 Å². The van der Waals surface area contributed by atoms with E-state index in [-0.39, 0.29) is 30.0 Å². The largest absolute Gasteiger partial charge is 0.380 e. The maximum Gasteiger partial charge on any atom is 0.243 e. The molecular weight excluding hydrogens is 220 g/mol. The monoisotopic (exact) mass is 240 g/mol. The van der Waals surface area contributed by atoms with Crippen LogP contribution in [0.1, 0.15) is 38.5 Å². The van der Waals surface area contributed by atoms with Gasteiger partial charge in [-0.3, -0.25) is 14.9 Å². The Morgan fingerprint density at radius 1 is 1.24 bits per heavy atom. The van der Waals surface area contributed by atoms with E-state index in [0.29, 0.717) is 12.8 Å². The number of nitrogens with one attached hydrogen (secondary N) is 2. The first-order valence-electron chi connectivity index (χ1n) is 6.33. The third-order valence-electron chi connectivity index (χ3n) is 3.66. The number of ether oxygens (including phenoxy) is 1. The zero-order chi connectivity index (χ0) is 12.3. The summed E-state index contributed by atoms with van der Waals surface area (Å²) in [5, 5.41) is 5.71. The van der Waals surface area contributed by atoms with Crippen molar-refractivity contribution in [3.05, 3.63) is 0 Å². The number of carbonyl (C=O) groups excluding carboxylic acids is 2. The smallest absolute Gasteiger partial charge is 0.243 e. The van der Waals surface area contributed by atoms with Gasteiger partial charge in [0.25, 0.3) is 0 Å². The molecule has 1 saturated heterocycles. The zero-order valence-electron chi connectivity index (χ0n) is 10.2. The third kappa shape index (κ3) is 3.04. The van der Waals surface area contributed by atoms with Crippen molar-refractivity contribution in [1.82, 2.24) is 10.6 Å². The van der Waals surface area contributed by atoms with Gasteiger partial charge in [0.05, 0.1) is 12.1 Å². The summed E-state index contributed by atoms with van der Waals surface area (Å²) in [5.41, 5.74) is 0. The molecule has 0 radical (unpaired) electrons. The molecule has 0 aromatic carbocycles. The van der Waals surface area contributed by atoms with Crippen molar-refractivity contribution in [2.75, 3.05) is 7.11 Å². The molecule has 0 aromatic heterocycles. The summed E-state index contributed by atoms with van der Waals surface area (Å²) >= 11 is 0. The number of piperidine rings is 1. The minimum Gasteiger partial charge on any atom is -0.380 e. The van der Waals surface area contributed by atoms with Crippen LogP contribution in [0.3, 0.4) is 0 Å². The fraction of sp³-hybridized carbons (Fsp3) is 0.833. The maximum absolute atomic E-state index is 11.6. The Kier molecular flexibility index (Phi) is 4.12.